The molecule has 0 aromatic rings. The zero-order chi connectivity index (χ0) is 7.86. The molecule has 0 aromatic heterocycles. The Kier molecular flexibility index (Phi) is 12.8. The highest BCUT2D eigenvalue weighted by molar-refractivity contribution is 8.20. The van der Waals surface area contributed by atoms with Crippen LogP contribution in [0.15, 0.2) is 0 Å². The largest absolute Gasteiger partial charge is 0.480 e. The van der Waals surface area contributed by atoms with E-state index in [1.165, 1.54) is 0 Å². The fourth-order valence-corrected chi connectivity index (χ4v) is 0. The third-order valence-electron chi connectivity index (χ3n) is 0.114. The van der Waals surface area contributed by atoms with Gasteiger partial charge in [0.1, 0.15) is 5.88 Å². The van der Waals surface area contributed by atoms with Crippen LogP contribution in [0.5, 0.6) is 0 Å². The van der Waals surface area contributed by atoms with Crippen LogP contribution in [0.2, 0.25) is 0 Å². The fourth-order valence-electron chi connectivity index (χ4n) is 0. The third kappa shape index (κ3) is 48.2. The molecule has 0 radical (unpaired) electrons. The van der Waals surface area contributed by atoms with Crippen LogP contribution >= 0.6 is 51.3 Å². The molecule has 9 heavy (non-hydrogen) atoms. The highest BCUT2D eigenvalue weighted by atomic mass is 36.0. The maximum absolute atomic E-state index is 9.24. The standard InChI is InChI=1S/C2H3ClO2.Cl3P/c3-1-2(4)5;1-4(2)3/h1H2,(H,4,5);. The van der Waals surface area contributed by atoms with Crippen LogP contribution in [0.3, 0.4) is 0 Å². The number of carboxylic acid groups (broad SMARTS) is 1. The maximum atomic E-state index is 9.24. The minimum Gasteiger partial charge on any atom is -0.480 e. The molecule has 56 valence electrons. The van der Waals surface area contributed by atoms with E-state index in [9.17, 15) is 4.79 Å². The summed E-state index contributed by atoms with van der Waals surface area (Å²) < 4.78 is 0. The van der Waals surface area contributed by atoms with E-state index in [-0.39, 0.29) is 5.88 Å². The zero-order valence-corrected chi connectivity index (χ0v) is 7.94. The molecule has 0 aliphatic carbocycles. The van der Waals surface area contributed by atoms with Gasteiger partial charge in [0.2, 0.25) is 0 Å². The molecule has 0 bridgehead atoms. The molecule has 0 unspecified atom stereocenters. The Bertz CT molecular complexity index is 74.2. The summed E-state index contributed by atoms with van der Waals surface area (Å²) in [7, 11) is 0. The summed E-state index contributed by atoms with van der Waals surface area (Å²) in [5.41, 5.74) is 0. The van der Waals surface area contributed by atoms with Crippen LogP contribution in [-0.4, -0.2) is 17.0 Å². The average molecular weight is 232 g/mol. The van der Waals surface area contributed by atoms with E-state index in [0.717, 1.165) is 0 Å². The Morgan fingerprint density at radius 1 is 1.44 bits per heavy atom. The first-order chi connectivity index (χ1) is 4.00. The van der Waals surface area contributed by atoms with E-state index < -0.39 is 11.9 Å². The van der Waals surface area contributed by atoms with Crippen LogP contribution < -0.4 is 0 Å². The quantitative estimate of drug-likeness (QED) is 0.556. The van der Waals surface area contributed by atoms with Gasteiger partial charge in [-0.25, -0.2) is 0 Å². The van der Waals surface area contributed by atoms with Crippen molar-refractivity contribution in [1.29, 1.82) is 0 Å². The molecule has 0 heterocycles. The van der Waals surface area contributed by atoms with Crippen molar-refractivity contribution in [3.8, 4) is 0 Å². The molecule has 0 fully saturated rings. The van der Waals surface area contributed by atoms with Crippen molar-refractivity contribution in [2.45, 2.75) is 0 Å². The highest BCUT2D eigenvalue weighted by Crippen LogP contribution is 2.51. The smallest absolute Gasteiger partial charge is 0.318 e. The molecule has 0 spiro atoms. The average Bonchev–Trinajstić information content (AvgIpc) is 1.65. The van der Waals surface area contributed by atoms with Gasteiger partial charge in [-0.3, -0.25) is 4.79 Å². The molecule has 0 aromatic carbocycles. The van der Waals surface area contributed by atoms with Crippen LogP contribution in [0, 0.1) is 0 Å². The lowest BCUT2D eigenvalue weighted by Gasteiger charge is -1.69. The SMILES string of the molecule is ClP(Cl)Cl.O=C(O)CCl. The first kappa shape index (κ1) is 12.7. The third-order valence-corrected chi connectivity index (χ3v) is 0.343. The van der Waals surface area contributed by atoms with Crippen molar-refractivity contribution >= 4 is 57.3 Å². The van der Waals surface area contributed by atoms with Crippen LogP contribution in [0.1, 0.15) is 0 Å². The molecule has 0 rings (SSSR count). The number of carboxylic acids is 1. The van der Waals surface area contributed by atoms with Gasteiger partial charge in [-0.05, 0) is 0 Å². The Hall–Kier alpha value is 1.06. The molecule has 7 heteroatoms. The molecule has 0 aliphatic heterocycles. The van der Waals surface area contributed by atoms with Crippen molar-refractivity contribution in [1.82, 2.24) is 0 Å². The molecule has 0 aliphatic rings. The van der Waals surface area contributed by atoms with E-state index in [1.54, 1.807) is 0 Å². The second-order valence-electron chi connectivity index (χ2n) is 0.719. The molecule has 0 saturated heterocycles. The van der Waals surface area contributed by atoms with Gasteiger partial charge < -0.3 is 5.11 Å². The van der Waals surface area contributed by atoms with Crippen molar-refractivity contribution in [2.24, 2.45) is 0 Å². The number of aliphatic carboxylic acids is 1. The summed E-state index contributed by atoms with van der Waals surface area (Å²) in [6.45, 7) is 0. The van der Waals surface area contributed by atoms with E-state index in [4.69, 9.17) is 50.4 Å². The number of halogens is 4. The van der Waals surface area contributed by atoms with Crippen molar-refractivity contribution in [3.63, 3.8) is 0 Å². The molecule has 1 N–H and O–H groups in total. The van der Waals surface area contributed by atoms with Gasteiger partial charge in [-0.15, -0.1) is 11.6 Å². The normalized spacial score (nSPS) is 8.11. The van der Waals surface area contributed by atoms with Gasteiger partial charge in [-0.1, -0.05) is 33.7 Å². The van der Waals surface area contributed by atoms with Gasteiger partial charge in [0, 0.05) is 0 Å². The van der Waals surface area contributed by atoms with E-state index >= 15 is 0 Å². The minimum absolute atomic E-state index is 0.306. The summed E-state index contributed by atoms with van der Waals surface area (Å²) in [4.78, 5) is 9.24. The number of rotatable bonds is 1. The summed E-state index contributed by atoms with van der Waals surface area (Å²) in [6.07, 6.45) is 0. The first-order valence-electron chi connectivity index (χ1n) is 1.56. The molecule has 0 atom stereocenters. The van der Waals surface area contributed by atoms with Gasteiger partial charge in [-0.2, -0.15) is 0 Å². The van der Waals surface area contributed by atoms with Crippen LogP contribution in [0.25, 0.3) is 0 Å². The Balaban J connectivity index is 0. The van der Waals surface area contributed by atoms with E-state index in [0.29, 0.717) is 0 Å². The maximum Gasteiger partial charge on any atom is 0.318 e. The van der Waals surface area contributed by atoms with Crippen LogP contribution in [0.4, 0.5) is 0 Å². The highest BCUT2D eigenvalue weighted by Gasteiger charge is 1.83. The molecule has 0 saturated carbocycles. The molecular weight excluding hydrogens is 229 g/mol. The minimum atomic E-state index is -1.20. The van der Waals surface area contributed by atoms with Gasteiger partial charge in [0.25, 0.3) is 0 Å². The molecule has 2 nitrogen and oxygen atoms in total. The lowest BCUT2D eigenvalue weighted by molar-refractivity contribution is -0.134. The Labute approximate surface area is 73.2 Å². The number of alkyl halides is 1. The predicted molar refractivity (Wildman–Crippen MR) is 42.8 cm³/mol. The summed E-state index contributed by atoms with van der Waals surface area (Å²) in [6, 6.07) is 0. The van der Waals surface area contributed by atoms with E-state index in [1.807, 2.05) is 0 Å². The zero-order valence-electron chi connectivity index (χ0n) is 4.02. The monoisotopic (exact) mass is 230 g/mol. The number of carbonyl (C=O) groups is 1. The second-order valence-corrected chi connectivity index (χ2v) is 5.97. The number of hydrogen-bond donors (Lipinski definition) is 1. The van der Waals surface area contributed by atoms with Gasteiger partial charge >= 0.3 is 5.97 Å². The predicted octanol–water partition coefficient (Wildman–Crippen LogP) is 3.24. The summed E-state index contributed by atoms with van der Waals surface area (Å²) >= 11 is 19.3. The Morgan fingerprint density at radius 2 is 1.56 bits per heavy atom. The summed E-state index contributed by atoms with van der Waals surface area (Å²) in [5, 5.41) is 7.59. The van der Waals surface area contributed by atoms with Crippen molar-refractivity contribution in [3.05, 3.63) is 0 Å². The van der Waals surface area contributed by atoms with Crippen LogP contribution in [-0.2, 0) is 4.79 Å². The van der Waals surface area contributed by atoms with Gasteiger partial charge in [0.15, 0.2) is 5.98 Å². The van der Waals surface area contributed by atoms with E-state index in [2.05, 4.69) is 0 Å². The first-order valence-corrected chi connectivity index (χ1v) is 6.15. The van der Waals surface area contributed by atoms with Crippen molar-refractivity contribution in [2.75, 3.05) is 5.88 Å². The second kappa shape index (κ2) is 9.06. The summed E-state index contributed by atoms with van der Waals surface area (Å²) in [5.74, 6) is -2.49. The van der Waals surface area contributed by atoms with Crippen molar-refractivity contribution < 1.29 is 9.90 Å². The lowest BCUT2D eigenvalue weighted by Crippen LogP contribution is -1.92. The number of hydrogen-bond acceptors (Lipinski definition) is 1. The molecule has 0 amide bonds. The lowest BCUT2D eigenvalue weighted by atomic mass is 10.8. The topological polar surface area (TPSA) is 37.3 Å². The van der Waals surface area contributed by atoms with Gasteiger partial charge in [0.05, 0.1) is 0 Å². The fraction of sp³-hybridized carbons (Fsp3) is 0.500. The Morgan fingerprint density at radius 3 is 1.56 bits per heavy atom. The molecular formula is C2H3Cl4O2P.